The molecule has 2 bridgehead atoms. The molecule has 2 unspecified atom stereocenters. The van der Waals surface area contributed by atoms with E-state index in [2.05, 4.69) is 16.8 Å². The van der Waals surface area contributed by atoms with Crippen molar-refractivity contribution in [2.75, 3.05) is 20.1 Å². The lowest BCUT2D eigenvalue weighted by atomic mass is 9.81. The monoisotopic (exact) mass is 209 g/mol. The van der Waals surface area contributed by atoms with Gasteiger partial charge in [-0.05, 0) is 39.2 Å². The Kier molecular flexibility index (Phi) is 2.49. The number of hydrogen-bond acceptors (Lipinski definition) is 3. The van der Waals surface area contributed by atoms with Gasteiger partial charge in [0.1, 0.15) is 0 Å². The van der Waals surface area contributed by atoms with E-state index in [4.69, 9.17) is 5.73 Å². The second-order valence-corrected chi connectivity index (χ2v) is 5.78. The highest BCUT2D eigenvalue weighted by molar-refractivity contribution is 5.03. The third-order valence-corrected chi connectivity index (χ3v) is 4.60. The summed E-state index contributed by atoms with van der Waals surface area (Å²) in [5, 5.41) is 0. The van der Waals surface area contributed by atoms with E-state index in [9.17, 15) is 0 Å². The van der Waals surface area contributed by atoms with Gasteiger partial charge in [0.15, 0.2) is 0 Å². The van der Waals surface area contributed by atoms with Crippen molar-refractivity contribution in [3.8, 4) is 0 Å². The molecule has 3 nitrogen and oxygen atoms in total. The van der Waals surface area contributed by atoms with Crippen molar-refractivity contribution >= 4 is 0 Å². The number of piperidine rings is 1. The zero-order chi connectivity index (χ0) is 10.4. The molecule has 3 heterocycles. The van der Waals surface area contributed by atoms with Crippen molar-refractivity contribution in [3.63, 3.8) is 0 Å². The van der Waals surface area contributed by atoms with Gasteiger partial charge in [-0.1, -0.05) is 0 Å². The van der Waals surface area contributed by atoms with E-state index in [1.807, 2.05) is 0 Å². The first-order valence-electron chi connectivity index (χ1n) is 6.45. The van der Waals surface area contributed by atoms with Gasteiger partial charge in [0.2, 0.25) is 0 Å². The number of likely N-dealkylation sites (N-methyl/N-ethyl adjacent to an activating group) is 1. The van der Waals surface area contributed by atoms with Crippen LogP contribution in [0, 0.1) is 0 Å². The molecule has 0 spiro atoms. The van der Waals surface area contributed by atoms with Crippen LogP contribution in [0.4, 0.5) is 0 Å². The minimum atomic E-state index is 0.491. The smallest absolute Gasteiger partial charge is 0.0244 e. The summed E-state index contributed by atoms with van der Waals surface area (Å²) < 4.78 is 0. The van der Waals surface area contributed by atoms with E-state index in [-0.39, 0.29) is 0 Å². The molecule has 3 saturated heterocycles. The molecule has 0 amide bonds. The van der Waals surface area contributed by atoms with E-state index in [1.165, 1.54) is 45.2 Å². The summed E-state index contributed by atoms with van der Waals surface area (Å²) in [7, 11) is 2.26. The molecule has 3 aliphatic heterocycles. The number of piperazine rings is 1. The average Bonchev–Trinajstić information content (AvgIpc) is 2.21. The van der Waals surface area contributed by atoms with Crippen LogP contribution in [0.3, 0.4) is 0 Å². The third kappa shape index (κ3) is 1.71. The lowest BCUT2D eigenvalue weighted by Gasteiger charge is -2.59. The maximum Gasteiger partial charge on any atom is 0.0244 e. The zero-order valence-electron chi connectivity index (χ0n) is 9.73. The Bertz CT molecular complexity index is 223. The Hall–Kier alpha value is -0.120. The van der Waals surface area contributed by atoms with E-state index in [1.54, 1.807) is 0 Å². The van der Waals surface area contributed by atoms with Crippen LogP contribution in [0.2, 0.25) is 0 Å². The summed E-state index contributed by atoms with van der Waals surface area (Å²) in [5.74, 6) is 0. The summed E-state index contributed by atoms with van der Waals surface area (Å²) in [4.78, 5) is 5.30. The first kappa shape index (κ1) is 10.1. The molecular weight excluding hydrogens is 186 g/mol. The quantitative estimate of drug-likeness (QED) is 0.688. The molecule has 15 heavy (non-hydrogen) atoms. The topological polar surface area (TPSA) is 32.5 Å². The standard InChI is InChI=1S/C12H23N3/c1-14-7-11-6-12(8-14)15(11)10-4-2-9(13)3-5-10/h9-12H,2-8,13H2,1H3/t9-,10-,11?,12?. The summed E-state index contributed by atoms with van der Waals surface area (Å²) in [6.07, 6.45) is 6.63. The molecule has 2 N–H and O–H groups in total. The normalized spacial score (nSPS) is 47.6. The highest BCUT2D eigenvalue weighted by Gasteiger charge is 2.46. The van der Waals surface area contributed by atoms with Gasteiger partial charge in [-0.3, -0.25) is 4.90 Å². The Labute approximate surface area is 92.6 Å². The van der Waals surface area contributed by atoms with Gasteiger partial charge in [0.05, 0.1) is 0 Å². The van der Waals surface area contributed by atoms with Crippen LogP contribution in [-0.4, -0.2) is 54.1 Å². The second-order valence-electron chi connectivity index (χ2n) is 5.78. The third-order valence-electron chi connectivity index (χ3n) is 4.60. The molecule has 0 aromatic rings. The van der Waals surface area contributed by atoms with Gasteiger partial charge in [0.25, 0.3) is 0 Å². The van der Waals surface area contributed by atoms with Crippen LogP contribution >= 0.6 is 0 Å². The number of nitrogens with zero attached hydrogens (tertiary/aromatic N) is 2. The number of nitrogens with two attached hydrogens (primary N) is 1. The van der Waals surface area contributed by atoms with Crippen molar-refractivity contribution in [1.82, 2.24) is 9.80 Å². The molecule has 3 heteroatoms. The van der Waals surface area contributed by atoms with E-state index in [0.29, 0.717) is 6.04 Å². The van der Waals surface area contributed by atoms with Gasteiger partial charge in [0, 0.05) is 37.3 Å². The fraction of sp³-hybridized carbons (Fsp3) is 1.00. The summed E-state index contributed by atoms with van der Waals surface area (Å²) in [6.45, 7) is 2.58. The Morgan fingerprint density at radius 1 is 0.933 bits per heavy atom. The molecule has 4 fully saturated rings. The van der Waals surface area contributed by atoms with Crippen LogP contribution in [0.5, 0.6) is 0 Å². The molecule has 0 aromatic carbocycles. The summed E-state index contributed by atoms with van der Waals surface area (Å²) >= 11 is 0. The van der Waals surface area contributed by atoms with E-state index in [0.717, 1.165) is 18.1 Å². The van der Waals surface area contributed by atoms with Crippen LogP contribution < -0.4 is 5.73 Å². The van der Waals surface area contributed by atoms with Crippen molar-refractivity contribution in [1.29, 1.82) is 0 Å². The molecule has 1 aliphatic carbocycles. The fourth-order valence-corrected chi connectivity index (χ4v) is 3.85. The van der Waals surface area contributed by atoms with Crippen molar-refractivity contribution < 1.29 is 0 Å². The molecular formula is C12H23N3. The molecule has 0 radical (unpaired) electrons. The Morgan fingerprint density at radius 3 is 2.13 bits per heavy atom. The number of rotatable bonds is 1. The van der Waals surface area contributed by atoms with Crippen molar-refractivity contribution in [2.24, 2.45) is 5.73 Å². The molecule has 86 valence electrons. The number of hydrogen-bond donors (Lipinski definition) is 1. The van der Waals surface area contributed by atoms with Crippen molar-refractivity contribution in [2.45, 2.75) is 56.3 Å². The van der Waals surface area contributed by atoms with Crippen molar-refractivity contribution in [3.05, 3.63) is 0 Å². The van der Waals surface area contributed by atoms with Gasteiger partial charge >= 0.3 is 0 Å². The van der Waals surface area contributed by atoms with Gasteiger partial charge in [-0.15, -0.1) is 0 Å². The minimum Gasteiger partial charge on any atom is -0.328 e. The summed E-state index contributed by atoms with van der Waals surface area (Å²) in [5.41, 5.74) is 5.97. The second kappa shape index (κ2) is 3.72. The van der Waals surface area contributed by atoms with E-state index >= 15 is 0 Å². The largest absolute Gasteiger partial charge is 0.328 e. The summed E-state index contributed by atoms with van der Waals surface area (Å²) in [6, 6.07) is 3.09. The molecule has 0 aromatic heterocycles. The van der Waals surface area contributed by atoms with Gasteiger partial charge in [-0.25, -0.2) is 0 Å². The predicted octanol–water partition coefficient (Wildman–Crippen LogP) is 0.645. The number of fused-ring (bicyclic) bond motifs is 2. The predicted molar refractivity (Wildman–Crippen MR) is 61.8 cm³/mol. The zero-order valence-corrected chi connectivity index (χ0v) is 9.73. The molecule has 4 rings (SSSR count). The van der Waals surface area contributed by atoms with Crippen LogP contribution in [0.15, 0.2) is 0 Å². The van der Waals surface area contributed by atoms with Crippen LogP contribution in [0.1, 0.15) is 32.1 Å². The Morgan fingerprint density at radius 2 is 1.53 bits per heavy atom. The van der Waals surface area contributed by atoms with Crippen LogP contribution in [0.25, 0.3) is 0 Å². The Balaban J connectivity index is 1.60. The molecule has 1 saturated carbocycles. The van der Waals surface area contributed by atoms with Crippen LogP contribution in [-0.2, 0) is 0 Å². The highest BCUT2D eigenvalue weighted by Crippen LogP contribution is 2.37. The first-order valence-corrected chi connectivity index (χ1v) is 6.45. The van der Waals surface area contributed by atoms with Gasteiger partial charge < -0.3 is 10.6 Å². The lowest BCUT2D eigenvalue weighted by molar-refractivity contribution is -0.0970. The fourth-order valence-electron chi connectivity index (χ4n) is 3.85. The first-order chi connectivity index (χ1) is 7.24. The SMILES string of the molecule is CN1CC2CC(C1)N2[C@H]1CC[C@H](N)CC1. The molecule has 4 aliphatic rings. The maximum atomic E-state index is 5.97. The maximum absolute atomic E-state index is 5.97. The highest BCUT2D eigenvalue weighted by atomic mass is 15.4. The lowest BCUT2D eigenvalue weighted by Crippen LogP contribution is -2.70. The van der Waals surface area contributed by atoms with E-state index < -0.39 is 0 Å². The van der Waals surface area contributed by atoms with Gasteiger partial charge in [-0.2, -0.15) is 0 Å². The molecule has 2 atom stereocenters. The average molecular weight is 209 g/mol. The minimum absolute atomic E-state index is 0.491.